The molecule has 0 radical (unpaired) electrons. The van der Waals surface area contributed by atoms with Crippen LogP contribution in [0.3, 0.4) is 0 Å². The van der Waals surface area contributed by atoms with E-state index in [1.54, 1.807) is 6.20 Å². The van der Waals surface area contributed by atoms with E-state index in [1.165, 1.54) is 5.56 Å². The molecule has 88 valence electrons. The summed E-state index contributed by atoms with van der Waals surface area (Å²) in [6, 6.07) is 9.80. The molecule has 0 N–H and O–H groups in total. The predicted molar refractivity (Wildman–Crippen MR) is 69.8 cm³/mol. The molecule has 17 heavy (non-hydrogen) atoms. The van der Waals surface area contributed by atoms with Crippen LogP contribution in [0.4, 0.5) is 0 Å². The number of hydrogen-bond acceptors (Lipinski definition) is 2. The number of ether oxygens (including phenoxy) is 1. The van der Waals surface area contributed by atoms with E-state index in [9.17, 15) is 0 Å². The van der Waals surface area contributed by atoms with Gasteiger partial charge in [0.25, 0.3) is 0 Å². The van der Waals surface area contributed by atoms with Crippen LogP contribution < -0.4 is 4.74 Å². The molecular formula is C14H14ClNO. The van der Waals surface area contributed by atoms with Gasteiger partial charge in [0.2, 0.25) is 0 Å². The zero-order valence-electron chi connectivity index (χ0n) is 9.90. The van der Waals surface area contributed by atoms with Crippen LogP contribution in [0.15, 0.2) is 36.5 Å². The van der Waals surface area contributed by atoms with Crippen molar-refractivity contribution in [2.75, 3.05) is 0 Å². The molecule has 2 aromatic rings. The molecule has 2 nitrogen and oxygen atoms in total. The van der Waals surface area contributed by atoms with Crippen molar-refractivity contribution in [2.45, 2.75) is 19.7 Å². The van der Waals surface area contributed by atoms with Crippen molar-refractivity contribution < 1.29 is 4.74 Å². The lowest BCUT2D eigenvalue weighted by atomic mass is 10.1. The molecule has 0 bridgehead atoms. The van der Waals surface area contributed by atoms with Crippen molar-refractivity contribution in [1.29, 1.82) is 0 Å². The van der Waals surface area contributed by atoms with Gasteiger partial charge in [-0.1, -0.05) is 17.7 Å². The summed E-state index contributed by atoms with van der Waals surface area (Å²) >= 11 is 5.90. The Hall–Kier alpha value is -1.54. The van der Waals surface area contributed by atoms with E-state index < -0.39 is 0 Å². The number of rotatable bonds is 3. The van der Waals surface area contributed by atoms with E-state index in [0.717, 1.165) is 22.8 Å². The Balaban J connectivity index is 2.26. The van der Waals surface area contributed by atoms with Gasteiger partial charge < -0.3 is 4.74 Å². The number of halogens is 1. The largest absolute Gasteiger partial charge is 0.455 e. The number of nitrogens with zero attached hydrogens (tertiary/aromatic N) is 1. The lowest BCUT2D eigenvalue weighted by Crippen LogP contribution is -1.91. The van der Waals surface area contributed by atoms with Crippen LogP contribution in [0.2, 0.25) is 0 Å². The topological polar surface area (TPSA) is 22.1 Å². The first-order valence-corrected chi connectivity index (χ1v) is 5.98. The highest BCUT2D eigenvalue weighted by molar-refractivity contribution is 6.17. The summed E-state index contributed by atoms with van der Waals surface area (Å²) < 4.78 is 5.76. The summed E-state index contributed by atoms with van der Waals surface area (Å²) in [5.74, 6) is 1.96. The van der Waals surface area contributed by atoms with Crippen LogP contribution in [-0.4, -0.2) is 4.98 Å². The SMILES string of the molecule is Cc1ccc(Oc2ccc(C)nc2)c(CCl)c1. The third-order valence-corrected chi connectivity index (χ3v) is 2.76. The number of aryl methyl sites for hydroxylation is 2. The summed E-state index contributed by atoms with van der Waals surface area (Å²) in [6.45, 7) is 3.98. The Kier molecular flexibility index (Phi) is 3.64. The van der Waals surface area contributed by atoms with E-state index in [2.05, 4.69) is 4.98 Å². The molecule has 0 amide bonds. The Labute approximate surface area is 106 Å². The lowest BCUT2D eigenvalue weighted by Gasteiger charge is -2.10. The Morgan fingerprint density at radius 1 is 1.18 bits per heavy atom. The van der Waals surface area contributed by atoms with Crippen molar-refractivity contribution in [1.82, 2.24) is 4.98 Å². The zero-order valence-corrected chi connectivity index (χ0v) is 10.7. The van der Waals surface area contributed by atoms with Gasteiger partial charge in [-0.05, 0) is 32.0 Å². The van der Waals surface area contributed by atoms with Gasteiger partial charge in [0, 0.05) is 11.3 Å². The normalized spacial score (nSPS) is 10.3. The molecule has 0 aliphatic heterocycles. The Bertz CT molecular complexity index is 508. The van der Waals surface area contributed by atoms with Gasteiger partial charge in [-0.2, -0.15) is 0 Å². The maximum absolute atomic E-state index is 5.90. The van der Waals surface area contributed by atoms with E-state index in [1.807, 2.05) is 44.2 Å². The minimum Gasteiger partial charge on any atom is -0.455 e. The predicted octanol–water partition coefficient (Wildman–Crippen LogP) is 4.23. The number of benzene rings is 1. The molecule has 3 heteroatoms. The highest BCUT2D eigenvalue weighted by Gasteiger charge is 2.04. The van der Waals surface area contributed by atoms with Crippen molar-refractivity contribution in [3.8, 4) is 11.5 Å². The molecule has 1 aromatic heterocycles. The van der Waals surface area contributed by atoms with Gasteiger partial charge >= 0.3 is 0 Å². The van der Waals surface area contributed by atoms with Crippen molar-refractivity contribution in [3.63, 3.8) is 0 Å². The fraction of sp³-hybridized carbons (Fsp3) is 0.214. The molecule has 1 aromatic carbocycles. The molecule has 0 fully saturated rings. The first kappa shape index (κ1) is 11.9. The van der Waals surface area contributed by atoms with Crippen LogP contribution in [0.25, 0.3) is 0 Å². The first-order chi connectivity index (χ1) is 8.19. The zero-order chi connectivity index (χ0) is 12.3. The number of alkyl halides is 1. The molecule has 1 heterocycles. The van der Waals surface area contributed by atoms with Crippen LogP contribution in [-0.2, 0) is 5.88 Å². The van der Waals surface area contributed by atoms with Gasteiger partial charge in [-0.3, -0.25) is 4.98 Å². The lowest BCUT2D eigenvalue weighted by molar-refractivity contribution is 0.475. The molecule has 0 aliphatic rings. The van der Waals surface area contributed by atoms with Crippen molar-refractivity contribution in [3.05, 3.63) is 53.3 Å². The fourth-order valence-corrected chi connectivity index (χ4v) is 1.76. The fourth-order valence-electron chi connectivity index (χ4n) is 1.55. The second kappa shape index (κ2) is 5.19. The summed E-state index contributed by atoms with van der Waals surface area (Å²) in [4.78, 5) is 4.19. The van der Waals surface area contributed by atoms with Gasteiger partial charge in [-0.25, -0.2) is 0 Å². The molecule has 0 atom stereocenters. The molecular weight excluding hydrogens is 234 g/mol. The van der Waals surface area contributed by atoms with Gasteiger partial charge in [0.1, 0.15) is 11.5 Å². The van der Waals surface area contributed by atoms with E-state index in [4.69, 9.17) is 16.3 Å². The van der Waals surface area contributed by atoms with Crippen LogP contribution in [0, 0.1) is 13.8 Å². The molecule has 0 saturated carbocycles. The van der Waals surface area contributed by atoms with E-state index >= 15 is 0 Å². The Morgan fingerprint density at radius 3 is 2.65 bits per heavy atom. The van der Waals surface area contributed by atoms with Gasteiger partial charge in [0.15, 0.2) is 0 Å². The summed E-state index contributed by atoms with van der Waals surface area (Å²) in [5, 5.41) is 0. The molecule has 2 rings (SSSR count). The van der Waals surface area contributed by atoms with Gasteiger partial charge in [-0.15, -0.1) is 11.6 Å². The van der Waals surface area contributed by atoms with E-state index in [-0.39, 0.29) is 0 Å². The van der Waals surface area contributed by atoms with Crippen LogP contribution in [0.1, 0.15) is 16.8 Å². The number of pyridine rings is 1. The quantitative estimate of drug-likeness (QED) is 0.758. The average Bonchev–Trinajstić information content (AvgIpc) is 2.34. The highest BCUT2D eigenvalue weighted by atomic mass is 35.5. The minimum atomic E-state index is 0.441. The summed E-state index contributed by atoms with van der Waals surface area (Å²) in [5.41, 5.74) is 3.14. The first-order valence-electron chi connectivity index (χ1n) is 5.45. The monoisotopic (exact) mass is 247 g/mol. The van der Waals surface area contributed by atoms with Crippen LogP contribution >= 0.6 is 11.6 Å². The minimum absolute atomic E-state index is 0.441. The van der Waals surface area contributed by atoms with Crippen molar-refractivity contribution >= 4 is 11.6 Å². The second-order valence-electron chi connectivity index (χ2n) is 3.98. The van der Waals surface area contributed by atoms with Gasteiger partial charge in [0.05, 0.1) is 12.1 Å². The van der Waals surface area contributed by atoms with Crippen molar-refractivity contribution in [2.24, 2.45) is 0 Å². The summed E-state index contributed by atoms with van der Waals surface area (Å²) in [7, 11) is 0. The number of aromatic nitrogens is 1. The average molecular weight is 248 g/mol. The maximum Gasteiger partial charge on any atom is 0.145 e. The maximum atomic E-state index is 5.90. The standard InChI is InChI=1S/C14H14ClNO/c1-10-3-6-14(12(7-10)8-15)17-13-5-4-11(2)16-9-13/h3-7,9H,8H2,1-2H3. The van der Waals surface area contributed by atoms with Crippen LogP contribution in [0.5, 0.6) is 11.5 Å². The third-order valence-electron chi connectivity index (χ3n) is 2.47. The second-order valence-corrected chi connectivity index (χ2v) is 4.25. The van der Waals surface area contributed by atoms with E-state index in [0.29, 0.717) is 5.88 Å². The smallest absolute Gasteiger partial charge is 0.145 e. The summed E-state index contributed by atoms with van der Waals surface area (Å²) in [6.07, 6.45) is 1.72. The Morgan fingerprint density at radius 2 is 2.00 bits per heavy atom. The molecule has 0 aliphatic carbocycles. The molecule has 0 spiro atoms. The molecule has 0 saturated heterocycles. The molecule has 0 unspecified atom stereocenters. The third kappa shape index (κ3) is 2.98. The number of hydrogen-bond donors (Lipinski definition) is 0. The highest BCUT2D eigenvalue weighted by Crippen LogP contribution is 2.27.